The fourth-order valence-electron chi connectivity index (χ4n) is 2.92. The molecule has 0 aromatic heterocycles. The maximum atomic E-state index is 12.7. The standard InChI is InChI=1S/C19H24N2O4/c1-13(2)17(18(23)21-12-6-9-15(21)19(24)25)20-16(22)11-10-14-7-4-3-5-8-14/h3-5,7-8,10-11,13,15,17H,6,9,12H2,1-2H3,(H,20,22)(H,24,25)/b11-10+/t15-,17-/m0/s1. The van der Waals surface area contributed by atoms with E-state index in [1.165, 1.54) is 11.0 Å². The van der Waals surface area contributed by atoms with E-state index in [2.05, 4.69) is 5.32 Å². The van der Waals surface area contributed by atoms with Crippen molar-refractivity contribution in [1.82, 2.24) is 10.2 Å². The topological polar surface area (TPSA) is 86.7 Å². The molecule has 1 aliphatic rings. The number of benzene rings is 1. The zero-order chi connectivity index (χ0) is 18.4. The summed E-state index contributed by atoms with van der Waals surface area (Å²) in [6.07, 6.45) is 4.17. The SMILES string of the molecule is CC(C)[C@H](NC(=O)/C=C/c1ccccc1)C(=O)N1CCC[C@H]1C(=O)O. The minimum absolute atomic E-state index is 0.142. The van der Waals surface area contributed by atoms with Crippen LogP contribution in [-0.2, 0) is 14.4 Å². The second-order valence-corrected chi connectivity index (χ2v) is 6.50. The third-order valence-corrected chi connectivity index (χ3v) is 4.28. The number of aliphatic carboxylic acids is 1. The molecule has 1 aliphatic heterocycles. The van der Waals surface area contributed by atoms with Crippen molar-refractivity contribution in [3.63, 3.8) is 0 Å². The molecule has 6 heteroatoms. The van der Waals surface area contributed by atoms with Crippen molar-refractivity contribution in [2.24, 2.45) is 5.92 Å². The molecule has 1 fully saturated rings. The highest BCUT2D eigenvalue weighted by Gasteiger charge is 2.38. The largest absolute Gasteiger partial charge is 0.480 e. The van der Waals surface area contributed by atoms with Crippen LogP contribution in [0.5, 0.6) is 0 Å². The Morgan fingerprint density at radius 2 is 1.92 bits per heavy atom. The highest BCUT2D eigenvalue weighted by atomic mass is 16.4. The molecule has 0 unspecified atom stereocenters. The number of carboxylic acid groups (broad SMARTS) is 1. The van der Waals surface area contributed by atoms with E-state index in [0.29, 0.717) is 19.4 Å². The van der Waals surface area contributed by atoms with Gasteiger partial charge in [-0.25, -0.2) is 4.79 Å². The monoisotopic (exact) mass is 344 g/mol. The number of hydrogen-bond donors (Lipinski definition) is 2. The van der Waals surface area contributed by atoms with Gasteiger partial charge in [0.05, 0.1) is 0 Å². The Balaban J connectivity index is 2.05. The number of nitrogens with one attached hydrogen (secondary N) is 1. The average Bonchev–Trinajstić information content (AvgIpc) is 3.08. The lowest BCUT2D eigenvalue weighted by Crippen LogP contribution is -2.53. The molecule has 2 amide bonds. The van der Waals surface area contributed by atoms with Crippen molar-refractivity contribution in [3.8, 4) is 0 Å². The fourth-order valence-corrected chi connectivity index (χ4v) is 2.92. The van der Waals surface area contributed by atoms with Crippen LogP contribution in [0.15, 0.2) is 36.4 Å². The van der Waals surface area contributed by atoms with E-state index < -0.39 is 18.1 Å². The molecule has 0 spiro atoms. The van der Waals surface area contributed by atoms with Gasteiger partial charge in [-0.3, -0.25) is 9.59 Å². The minimum Gasteiger partial charge on any atom is -0.480 e. The summed E-state index contributed by atoms with van der Waals surface area (Å²) in [7, 11) is 0. The zero-order valence-corrected chi connectivity index (χ0v) is 14.5. The summed E-state index contributed by atoms with van der Waals surface area (Å²) in [5.74, 6) is -1.84. The van der Waals surface area contributed by atoms with E-state index in [4.69, 9.17) is 0 Å². The maximum absolute atomic E-state index is 12.7. The van der Waals surface area contributed by atoms with Crippen LogP contribution in [0.3, 0.4) is 0 Å². The van der Waals surface area contributed by atoms with Crippen LogP contribution in [0.1, 0.15) is 32.3 Å². The molecule has 25 heavy (non-hydrogen) atoms. The molecule has 1 aromatic rings. The van der Waals surface area contributed by atoms with E-state index in [1.807, 2.05) is 44.2 Å². The number of hydrogen-bond acceptors (Lipinski definition) is 3. The Morgan fingerprint density at radius 3 is 2.52 bits per heavy atom. The van der Waals surface area contributed by atoms with Gasteiger partial charge >= 0.3 is 5.97 Å². The molecule has 0 aliphatic carbocycles. The summed E-state index contributed by atoms with van der Waals surface area (Å²) in [6.45, 7) is 4.07. The van der Waals surface area contributed by atoms with E-state index in [-0.39, 0.29) is 17.7 Å². The lowest BCUT2D eigenvalue weighted by molar-refractivity contribution is -0.149. The normalized spacial score (nSPS) is 18.5. The van der Waals surface area contributed by atoms with Crippen molar-refractivity contribution in [2.75, 3.05) is 6.54 Å². The van der Waals surface area contributed by atoms with E-state index in [9.17, 15) is 19.5 Å². The molecule has 2 atom stereocenters. The summed E-state index contributed by atoms with van der Waals surface area (Å²) in [4.78, 5) is 37.6. The third-order valence-electron chi connectivity index (χ3n) is 4.28. The molecular weight excluding hydrogens is 320 g/mol. The molecule has 2 N–H and O–H groups in total. The van der Waals surface area contributed by atoms with E-state index >= 15 is 0 Å². The molecule has 6 nitrogen and oxygen atoms in total. The maximum Gasteiger partial charge on any atom is 0.326 e. The van der Waals surface area contributed by atoms with E-state index in [0.717, 1.165) is 5.56 Å². The first-order valence-electron chi connectivity index (χ1n) is 8.47. The summed E-state index contributed by atoms with van der Waals surface area (Å²) < 4.78 is 0. The van der Waals surface area contributed by atoms with Crippen LogP contribution in [-0.4, -0.2) is 46.4 Å². The van der Waals surface area contributed by atoms with Gasteiger partial charge in [-0.2, -0.15) is 0 Å². The Hall–Kier alpha value is -2.63. The van der Waals surface area contributed by atoms with Crippen molar-refractivity contribution in [3.05, 3.63) is 42.0 Å². The van der Waals surface area contributed by atoms with Crippen LogP contribution in [0.2, 0.25) is 0 Å². The van der Waals surface area contributed by atoms with Crippen LogP contribution in [0, 0.1) is 5.92 Å². The number of carbonyl (C=O) groups is 3. The summed E-state index contributed by atoms with van der Waals surface area (Å²) in [5, 5.41) is 12.0. The molecule has 2 rings (SSSR count). The highest BCUT2D eigenvalue weighted by molar-refractivity contribution is 5.96. The van der Waals surface area contributed by atoms with Gasteiger partial charge in [0, 0.05) is 12.6 Å². The summed E-state index contributed by atoms with van der Waals surface area (Å²) in [5.41, 5.74) is 0.885. The predicted molar refractivity (Wildman–Crippen MR) is 94.6 cm³/mol. The average molecular weight is 344 g/mol. The third kappa shape index (κ3) is 4.92. The number of amides is 2. The lowest BCUT2D eigenvalue weighted by Gasteiger charge is -2.29. The van der Waals surface area contributed by atoms with Gasteiger partial charge in [0.25, 0.3) is 0 Å². The van der Waals surface area contributed by atoms with Crippen LogP contribution in [0.4, 0.5) is 0 Å². The van der Waals surface area contributed by atoms with Crippen LogP contribution < -0.4 is 5.32 Å². The smallest absolute Gasteiger partial charge is 0.326 e. The van der Waals surface area contributed by atoms with Crippen molar-refractivity contribution >= 4 is 23.9 Å². The minimum atomic E-state index is -0.997. The van der Waals surface area contributed by atoms with Gasteiger partial charge in [-0.15, -0.1) is 0 Å². The zero-order valence-electron chi connectivity index (χ0n) is 14.5. The number of carbonyl (C=O) groups excluding carboxylic acids is 2. The summed E-state index contributed by atoms with van der Waals surface area (Å²) >= 11 is 0. The molecule has 0 bridgehead atoms. The van der Waals surface area contributed by atoms with Crippen LogP contribution in [0.25, 0.3) is 6.08 Å². The Morgan fingerprint density at radius 1 is 1.24 bits per heavy atom. The molecule has 0 radical (unpaired) electrons. The molecule has 1 heterocycles. The van der Waals surface area contributed by atoms with E-state index in [1.54, 1.807) is 6.08 Å². The van der Waals surface area contributed by atoms with Crippen molar-refractivity contribution in [2.45, 2.75) is 38.8 Å². The second-order valence-electron chi connectivity index (χ2n) is 6.50. The highest BCUT2D eigenvalue weighted by Crippen LogP contribution is 2.20. The number of rotatable bonds is 6. The first-order chi connectivity index (χ1) is 11.9. The fraction of sp³-hybridized carbons (Fsp3) is 0.421. The van der Waals surface area contributed by atoms with Crippen molar-refractivity contribution in [1.29, 1.82) is 0 Å². The van der Waals surface area contributed by atoms with Gasteiger partial charge in [0.15, 0.2) is 0 Å². The van der Waals surface area contributed by atoms with Gasteiger partial charge < -0.3 is 15.3 Å². The Kier molecular flexibility index (Phi) is 6.33. The first kappa shape index (κ1) is 18.7. The molecule has 1 saturated heterocycles. The van der Waals surface area contributed by atoms with Gasteiger partial charge in [-0.1, -0.05) is 44.2 Å². The predicted octanol–water partition coefficient (Wildman–Crippen LogP) is 1.92. The first-order valence-corrected chi connectivity index (χ1v) is 8.47. The van der Waals surface area contributed by atoms with Crippen LogP contribution >= 0.6 is 0 Å². The number of nitrogens with zero attached hydrogens (tertiary/aromatic N) is 1. The summed E-state index contributed by atoms with van der Waals surface area (Å²) in [6, 6.07) is 7.83. The number of carboxylic acids is 1. The Labute approximate surface area is 147 Å². The Bertz CT molecular complexity index is 655. The van der Waals surface area contributed by atoms with Gasteiger partial charge in [0.1, 0.15) is 12.1 Å². The molecule has 134 valence electrons. The number of likely N-dealkylation sites (tertiary alicyclic amines) is 1. The van der Waals surface area contributed by atoms with Crippen molar-refractivity contribution < 1.29 is 19.5 Å². The lowest BCUT2D eigenvalue weighted by atomic mass is 10.0. The van der Waals surface area contributed by atoms with Gasteiger partial charge in [0.2, 0.25) is 11.8 Å². The quantitative estimate of drug-likeness (QED) is 0.772. The second kappa shape index (κ2) is 8.46. The van der Waals surface area contributed by atoms with Gasteiger partial charge in [-0.05, 0) is 30.4 Å². The molecule has 1 aromatic carbocycles. The molecule has 0 saturated carbocycles. The molecular formula is C19H24N2O4.